The molecule has 0 heterocycles. The van der Waals surface area contributed by atoms with E-state index in [1.165, 1.54) is 12.1 Å². The summed E-state index contributed by atoms with van der Waals surface area (Å²) in [5, 5.41) is 0. The Kier molecular flexibility index (Phi) is 4.11. The van der Waals surface area contributed by atoms with Crippen LogP contribution in [0.3, 0.4) is 0 Å². The molecule has 0 aliphatic carbocycles. The van der Waals surface area contributed by atoms with E-state index in [4.69, 9.17) is 10.5 Å². The minimum absolute atomic E-state index is 0.0672. The third kappa shape index (κ3) is 3.48. The van der Waals surface area contributed by atoms with Crippen molar-refractivity contribution in [1.29, 1.82) is 0 Å². The van der Waals surface area contributed by atoms with Gasteiger partial charge in [0, 0.05) is 11.3 Å². The second-order valence-corrected chi connectivity index (χ2v) is 4.90. The summed E-state index contributed by atoms with van der Waals surface area (Å²) >= 11 is 0. The first-order chi connectivity index (χ1) is 9.79. The quantitative estimate of drug-likeness (QED) is 0.847. The molecule has 0 saturated heterocycles. The molecule has 112 valence electrons. The topological polar surface area (TPSA) is 35.2 Å². The van der Waals surface area contributed by atoms with Gasteiger partial charge < -0.3 is 10.5 Å². The van der Waals surface area contributed by atoms with Crippen LogP contribution < -0.4 is 10.5 Å². The summed E-state index contributed by atoms with van der Waals surface area (Å²) in [6.07, 6.45) is -4.45. The van der Waals surface area contributed by atoms with Gasteiger partial charge in [0.05, 0.1) is 5.56 Å². The zero-order valence-corrected chi connectivity index (χ0v) is 11.8. The summed E-state index contributed by atoms with van der Waals surface area (Å²) in [6.45, 7) is 3.64. The van der Waals surface area contributed by atoms with E-state index in [9.17, 15) is 13.2 Å². The lowest BCUT2D eigenvalue weighted by molar-refractivity contribution is -0.138. The van der Waals surface area contributed by atoms with Crippen LogP contribution in [-0.4, -0.2) is 0 Å². The van der Waals surface area contributed by atoms with Gasteiger partial charge in [-0.15, -0.1) is 0 Å². The highest BCUT2D eigenvalue weighted by molar-refractivity contribution is 5.46. The van der Waals surface area contributed by atoms with Crippen LogP contribution in [0.2, 0.25) is 0 Å². The fourth-order valence-electron chi connectivity index (χ4n) is 2.02. The van der Waals surface area contributed by atoms with E-state index in [-0.39, 0.29) is 17.9 Å². The molecule has 21 heavy (non-hydrogen) atoms. The molecule has 0 atom stereocenters. The van der Waals surface area contributed by atoms with Crippen LogP contribution in [0.1, 0.15) is 22.3 Å². The second-order valence-electron chi connectivity index (χ2n) is 4.90. The van der Waals surface area contributed by atoms with Gasteiger partial charge in [-0.25, -0.2) is 0 Å². The Hall–Kier alpha value is -2.17. The Morgan fingerprint density at radius 2 is 1.81 bits per heavy atom. The summed E-state index contributed by atoms with van der Waals surface area (Å²) in [5.41, 5.74) is 6.77. The molecular formula is C16H16F3NO. The number of aryl methyl sites for hydroxylation is 1. The molecule has 0 unspecified atom stereocenters. The zero-order chi connectivity index (χ0) is 15.6. The van der Waals surface area contributed by atoms with E-state index in [1.54, 1.807) is 6.07 Å². The van der Waals surface area contributed by atoms with Crippen LogP contribution in [0, 0.1) is 13.8 Å². The van der Waals surface area contributed by atoms with Crippen molar-refractivity contribution in [2.75, 3.05) is 5.73 Å². The lowest BCUT2D eigenvalue weighted by Crippen LogP contribution is -2.12. The van der Waals surface area contributed by atoms with E-state index >= 15 is 0 Å². The van der Waals surface area contributed by atoms with E-state index in [2.05, 4.69) is 0 Å². The normalized spacial score (nSPS) is 11.5. The van der Waals surface area contributed by atoms with Crippen LogP contribution in [0.25, 0.3) is 0 Å². The van der Waals surface area contributed by atoms with Gasteiger partial charge in [0.1, 0.15) is 12.4 Å². The Balaban J connectivity index is 2.26. The number of hydrogen-bond acceptors (Lipinski definition) is 2. The minimum Gasteiger partial charge on any atom is -0.489 e. The lowest BCUT2D eigenvalue weighted by Gasteiger charge is -2.15. The van der Waals surface area contributed by atoms with E-state index in [0.29, 0.717) is 5.75 Å². The number of anilines is 1. The molecule has 0 amide bonds. The van der Waals surface area contributed by atoms with Gasteiger partial charge in [0.25, 0.3) is 0 Å². The molecule has 0 aliphatic heterocycles. The van der Waals surface area contributed by atoms with E-state index in [1.807, 2.05) is 26.0 Å². The first-order valence-electron chi connectivity index (χ1n) is 6.43. The van der Waals surface area contributed by atoms with Crippen molar-refractivity contribution < 1.29 is 17.9 Å². The molecular weight excluding hydrogens is 279 g/mol. The number of nitrogens with two attached hydrogens (primary N) is 1. The third-order valence-corrected chi connectivity index (χ3v) is 3.38. The number of alkyl halides is 3. The van der Waals surface area contributed by atoms with Crippen LogP contribution in [0.4, 0.5) is 18.9 Å². The summed E-state index contributed by atoms with van der Waals surface area (Å²) in [7, 11) is 0. The molecule has 0 fully saturated rings. The maximum atomic E-state index is 13.0. The predicted octanol–water partition coefficient (Wildman–Crippen LogP) is 4.48. The average Bonchev–Trinajstić information content (AvgIpc) is 2.40. The Bertz CT molecular complexity index is 650. The number of hydrogen-bond donors (Lipinski definition) is 1. The third-order valence-electron chi connectivity index (χ3n) is 3.38. The lowest BCUT2D eigenvalue weighted by atomic mass is 10.1. The fraction of sp³-hybridized carbons (Fsp3) is 0.250. The molecule has 0 bridgehead atoms. The van der Waals surface area contributed by atoms with E-state index < -0.39 is 11.7 Å². The number of nitrogen functional groups attached to an aromatic ring is 1. The van der Waals surface area contributed by atoms with Gasteiger partial charge in [-0.3, -0.25) is 0 Å². The molecule has 2 N–H and O–H groups in total. The van der Waals surface area contributed by atoms with Crippen molar-refractivity contribution in [2.24, 2.45) is 0 Å². The average molecular weight is 295 g/mol. The number of halogens is 3. The van der Waals surface area contributed by atoms with Crippen LogP contribution >= 0.6 is 0 Å². The highest BCUT2D eigenvalue weighted by atomic mass is 19.4. The summed E-state index contributed by atoms with van der Waals surface area (Å²) in [4.78, 5) is 0. The molecule has 2 aromatic rings. The molecule has 0 radical (unpaired) electrons. The minimum atomic E-state index is -4.45. The SMILES string of the molecule is Cc1cccc(OCc2ccc(N)cc2C(F)(F)F)c1C. The Labute approximate surface area is 121 Å². The first kappa shape index (κ1) is 15.2. The smallest absolute Gasteiger partial charge is 0.416 e. The summed E-state index contributed by atoms with van der Waals surface area (Å²) < 4.78 is 44.5. The standard InChI is InChI=1S/C16H16F3NO/c1-10-4-3-5-15(11(10)2)21-9-12-6-7-13(20)8-14(12)16(17,18)19/h3-8H,9,20H2,1-2H3. The van der Waals surface area contributed by atoms with E-state index in [0.717, 1.165) is 17.2 Å². The van der Waals surface area contributed by atoms with Gasteiger partial charge in [-0.2, -0.15) is 13.2 Å². The van der Waals surface area contributed by atoms with Gasteiger partial charge in [0.2, 0.25) is 0 Å². The van der Waals surface area contributed by atoms with Gasteiger partial charge in [-0.1, -0.05) is 18.2 Å². The zero-order valence-electron chi connectivity index (χ0n) is 11.8. The van der Waals surface area contributed by atoms with Crippen molar-refractivity contribution in [1.82, 2.24) is 0 Å². The monoisotopic (exact) mass is 295 g/mol. The maximum Gasteiger partial charge on any atom is 0.416 e. The molecule has 2 nitrogen and oxygen atoms in total. The van der Waals surface area contributed by atoms with Crippen LogP contribution in [-0.2, 0) is 12.8 Å². The largest absolute Gasteiger partial charge is 0.489 e. The highest BCUT2D eigenvalue weighted by Crippen LogP contribution is 2.34. The van der Waals surface area contributed by atoms with Crippen LogP contribution in [0.5, 0.6) is 5.75 Å². The number of ether oxygens (including phenoxy) is 1. The molecule has 5 heteroatoms. The fourth-order valence-corrected chi connectivity index (χ4v) is 2.02. The second kappa shape index (κ2) is 5.68. The van der Waals surface area contributed by atoms with Crippen molar-refractivity contribution in [3.63, 3.8) is 0 Å². The van der Waals surface area contributed by atoms with Gasteiger partial charge >= 0.3 is 6.18 Å². The first-order valence-corrected chi connectivity index (χ1v) is 6.43. The molecule has 0 aliphatic rings. The number of rotatable bonds is 3. The molecule has 0 saturated carbocycles. The molecule has 2 aromatic carbocycles. The van der Waals surface area contributed by atoms with Crippen LogP contribution in [0.15, 0.2) is 36.4 Å². The maximum absolute atomic E-state index is 13.0. The van der Waals surface area contributed by atoms with Gasteiger partial charge in [0.15, 0.2) is 0 Å². The Morgan fingerprint density at radius 1 is 1.10 bits per heavy atom. The Morgan fingerprint density at radius 3 is 2.48 bits per heavy atom. The molecule has 0 aromatic heterocycles. The van der Waals surface area contributed by atoms with Crippen molar-refractivity contribution in [3.8, 4) is 5.75 Å². The molecule has 0 spiro atoms. The van der Waals surface area contributed by atoms with Crippen molar-refractivity contribution >= 4 is 5.69 Å². The molecule has 2 rings (SSSR count). The number of benzene rings is 2. The van der Waals surface area contributed by atoms with Crippen molar-refractivity contribution in [3.05, 3.63) is 58.7 Å². The van der Waals surface area contributed by atoms with Gasteiger partial charge in [-0.05, 0) is 43.2 Å². The predicted molar refractivity (Wildman–Crippen MR) is 76.1 cm³/mol. The summed E-state index contributed by atoms with van der Waals surface area (Å²) in [5.74, 6) is 0.583. The van der Waals surface area contributed by atoms with Crippen molar-refractivity contribution in [2.45, 2.75) is 26.6 Å². The summed E-state index contributed by atoms with van der Waals surface area (Å²) in [6, 6.07) is 9.20. The highest BCUT2D eigenvalue weighted by Gasteiger charge is 2.33.